The van der Waals surface area contributed by atoms with Crippen LogP contribution in [0.2, 0.25) is 0 Å². The Hall–Kier alpha value is -0.870. The van der Waals surface area contributed by atoms with Gasteiger partial charge in [0.05, 0.1) is 4.47 Å². The maximum atomic E-state index is 12.8. The molecule has 13 heavy (non-hydrogen) atoms. The Bertz CT molecular complexity index is 339. The van der Waals surface area contributed by atoms with Crippen LogP contribution in [0.3, 0.4) is 0 Å². The van der Waals surface area contributed by atoms with Crippen molar-refractivity contribution in [2.45, 2.75) is 0 Å². The molecule has 0 saturated carbocycles. The molecule has 0 heterocycles. The van der Waals surface area contributed by atoms with Crippen molar-refractivity contribution in [3.05, 3.63) is 34.1 Å². The van der Waals surface area contributed by atoms with E-state index in [9.17, 15) is 9.50 Å². The maximum absolute atomic E-state index is 12.8. The van der Waals surface area contributed by atoms with E-state index >= 15 is 0 Å². The van der Waals surface area contributed by atoms with Gasteiger partial charge in [-0.3, -0.25) is 0 Å². The molecule has 1 rings (SSSR count). The van der Waals surface area contributed by atoms with E-state index < -0.39 is 5.82 Å². The van der Waals surface area contributed by atoms with Crippen LogP contribution in [0.1, 0.15) is 5.56 Å². The van der Waals surface area contributed by atoms with Gasteiger partial charge < -0.3 is 10.8 Å². The summed E-state index contributed by atoms with van der Waals surface area (Å²) < 4.78 is 13.1. The molecule has 0 saturated heterocycles. The second-order valence-electron chi connectivity index (χ2n) is 2.46. The Balaban J connectivity index is 3.08. The summed E-state index contributed by atoms with van der Waals surface area (Å²) in [4.78, 5) is 0. The molecule has 1 aromatic carbocycles. The number of nitrogens with two attached hydrogens (primary N) is 1. The lowest BCUT2D eigenvalue weighted by molar-refractivity contribution is 0.467. The number of benzene rings is 1. The van der Waals surface area contributed by atoms with Crippen LogP contribution in [0.25, 0.3) is 6.08 Å². The highest BCUT2D eigenvalue weighted by atomic mass is 79.9. The van der Waals surface area contributed by atoms with Gasteiger partial charge in [-0.2, -0.15) is 0 Å². The van der Waals surface area contributed by atoms with Crippen molar-refractivity contribution in [1.82, 2.24) is 0 Å². The third kappa shape index (κ3) is 2.54. The van der Waals surface area contributed by atoms with E-state index in [4.69, 9.17) is 5.73 Å². The van der Waals surface area contributed by atoms with Crippen LogP contribution in [-0.4, -0.2) is 11.7 Å². The number of rotatable bonds is 2. The van der Waals surface area contributed by atoms with Gasteiger partial charge in [-0.1, -0.05) is 12.2 Å². The van der Waals surface area contributed by atoms with E-state index in [-0.39, 0.29) is 5.75 Å². The van der Waals surface area contributed by atoms with E-state index in [1.165, 1.54) is 6.07 Å². The summed E-state index contributed by atoms with van der Waals surface area (Å²) in [6.45, 7) is 0.383. The summed E-state index contributed by atoms with van der Waals surface area (Å²) in [5, 5.41) is 9.29. The molecule has 3 N–H and O–H groups in total. The summed E-state index contributed by atoms with van der Waals surface area (Å²) >= 11 is 3.02. The van der Waals surface area contributed by atoms with E-state index in [0.717, 1.165) is 6.07 Å². The highest BCUT2D eigenvalue weighted by Crippen LogP contribution is 2.26. The zero-order valence-corrected chi connectivity index (χ0v) is 8.38. The summed E-state index contributed by atoms with van der Waals surface area (Å²) in [7, 11) is 0. The topological polar surface area (TPSA) is 46.2 Å². The van der Waals surface area contributed by atoms with Crippen molar-refractivity contribution in [3.8, 4) is 5.75 Å². The second-order valence-corrected chi connectivity index (χ2v) is 3.32. The summed E-state index contributed by atoms with van der Waals surface area (Å²) in [6, 6.07) is 2.55. The fourth-order valence-corrected chi connectivity index (χ4v) is 1.24. The lowest BCUT2D eigenvalue weighted by atomic mass is 10.2. The predicted molar refractivity (Wildman–Crippen MR) is 53.9 cm³/mol. The van der Waals surface area contributed by atoms with Crippen LogP contribution in [-0.2, 0) is 0 Å². The Morgan fingerprint density at radius 3 is 2.85 bits per heavy atom. The largest absolute Gasteiger partial charge is 0.507 e. The molecule has 0 aliphatic heterocycles. The third-order valence-corrected chi connectivity index (χ3v) is 2.11. The molecular formula is C9H9BrFNO. The highest BCUT2D eigenvalue weighted by molar-refractivity contribution is 9.10. The Morgan fingerprint density at radius 1 is 1.54 bits per heavy atom. The lowest BCUT2D eigenvalue weighted by Crippen LogP contribution is -1.92. The molecule has 0 amide bonds. The van der Waals surface area contributed by atoms with Gasteiger partial charge in [0.1, 0.15) is 11.6 Å². The van der Waals surface area contributed by atoms with Crippen LogP contribution in [0.5, 0.6) is 5.75 Å². The normalized spacial score (nSPS) is 11.0. The van der Waals surface area contributed by atoms with Gasteiger partial charge in [-0.05, 0) is 22.0 Å². The molecule has 0 aliphatic rings. The van der Waals surface area contributed by atoms with Crippen LogP contribution in [0, 0.1) is 5.82 Å². The smallest absolute Gasteiger partial charge is 0.141 e. The van der Waals surface area contributed by atoms with Crippen molar-refractivity contribution in [2.75, 3.05) is 6.54 Å². The van der Waals surface area contributed by atoms with Crippen LogP contribution in [0.15, 0.2) is 22.7 Å². The molecule has 4 heteroatoms. The first-order chi connectivity index (χ1) is 6.15. The van der Waals surface area contributed by atoms with Crippen molar-refractivity contribution in [2.24, 2.45) is 5.73 Å². The summed E-state index contributed by atoms with van der Waals surface area (Å²) in [5.41, 5.74) is 5.78. The first-order valence-corrected chi connectivity index (χ1v) is 4.49. The minimum absolute atomic E-state index is 0.0922. The number of hydrogen-bond donors (Lipinski definition) is 2. The van der Waals surface area contributed by atoms with Crippen LogP contribution < -0.4 is 5.73 Å². The number of phenolic OH excluding ortho intramolecular Hbond substituents is 1. The highest BCUT2D eigenvalue weighted by Gasteiger charge is 2.04. The zero-order chi connectivity index (χ0) is 9.84. The molecule has 0 aliphatic carbocycles. The number of hydrogen-bond acceptors (Lipinski definition) is 2. The van der Waals surface area contributed by atoms with E-state index in [1.807, 2.05) is 0 Å². The van der Waals surface area contributed by atoms with Gasteiger partial charge in [-0.25, -0.2) is 4.39 Å². The SMILES string of the molecule is NC/C=C/c1cc(Br)c(F)cc1O. The number of halogens is 2. The second kappa shape index (κ2) is 4.39. The van der Waals surface area contributed by atoms with E-state index in [1.54, 1.807) is 12.2 Å². The van der Waals surface area contributed by atoms with Crippen LogP contribution >= 0.6 is 15.9 Å². The maximum Gasteiger partial charge on any atom is 0.141 e. The molecule has 0 radical (unpaired) electrons. The Labute approximate surface area is 84.0 Å². The minimum Gasteiger partial charge on any atom is -0.507 e. The van der Waals surface area contributed by atoms with Crippen LogP contribution in [0.4, 0.5) is 4.39 Å². The van der Waals surface area contributed by atoms with E-state index in [0.29, 0.717) is 16.6 Å². The average molecular weight is 246 g/mol. The van der Waals surface area contributed by atoms with Crippen molar-refractivity contribution < 1.29 is 9.50 Å². The van der Waals surface area contributed by atoms with Crippen molar-refractivity contribution >= 4 is 22.0 Å². The molecule has 0 bridgehead atoms. The zero-order valence-electron chi connectivity index (χ0n) is 6.80. The molecule has 1 aromatic rings. The van der Waals surface area contributed by atoms with Gasteiger partial charge in [0.15, 0.2) is 0 Å². The standard InChI is InChI=1S/C9H9BrFNO/c10-7-4-6(2-1-3-12)9(13)5-8(7)11/h1-2,4-5,13H,3,12H2/b2-1+. The third-order valence-electron chi connectivity index (χ3n) is 1.50. The Morgan fingerprint density at radius 2 is 2.23 bits per heavy atom. The first-order valence-electron chi connectivity index (χ1n) is 3.69. The Kier molecular flexibility index (Phi) is 3.45. The average Bonchev–Trinajstić information content (AvgIpc) is 2.09. The van der Waals surface area contributed by atoms with Gasteiger partial charge in [0.25, 0.3) is 0 Å². The molecule has 0 fully saturated rings. The van der Waals surface area contributed by atoms with Gasteiger partial charge >= 0.3 is 0 Å². The fourth-order valence-electron chi connectivity index (χ4n) is 0.880. The predicted octanol–water partition coefficient (Wildman–Crippen LogP) is 2.27. The van der Waals surface area contributed by atoms with Crippen molar-refractivity contribution in [3.63, 3.8) is 0 Å². The first kappa shape index (κ1) is 10.2. The molecule has 0 aromatic heterocycles. The molecule has 0 spiro atoms. The van der Waals surface area contributed by atoms with Gasteiger partial charge in [0.2, 0.25) is 0 Å². The van der Waals surface area contributed by atoms with E-state index in [2.05, 4.69) is 15.9 Å². The lowest BCUT2D eigenvalue weighted by Gasteiger charge is -2.00. The van der Waals surface area contributed by atoms with Gasteiger partial charge in [-0.15, -0.1) is 0 Å². The monoisotopic (exact) mass is 245 g/mol. The quantitative estimate of drug-likeness (QED) is 0.840. The molecule has 2 nitrogen and oxygen atoms in total. The molecule has 0 unspecified atom stereocenters. The number of phenols is 1. The molecule has 70 valence electrons. The fraction of sp³-hybridized carbons (Fsp3) is 0.111. The van der Waals surface area contributed by atoms with Gasteiger partial charge in [0, 0.05) is 18.2 Å². The summed E-state index contributed by atoms with van der Waals surface area (Å²) in [6.07, 6.45) is 3.32. The minimum atomic E-state index is -0.484. The van der Waals surface area contributed by atoms with Crippen molar-refractivity contribution in [1.29, 1.82) is 0 Å². The summed E-state index contributed by atoms with van der Waals surface area (Å²) in [5.74, 6) is -0.576. The molecule has 0 atom stereocenters. The molecular weight excluding hydrogens is 237 g/mol. The number of aromatic hydroxyl groups is 1.